The molecule has 0 heterocycles. The molecule has 20 heavy (non-hydrogen) atoms. The van der Waals surface area contributed by atoms with Crippen molar-refractivity contribution < 1.29 is 14.7 Å². The number of hydrogen-bond donors (Lipinski definition) is 2. The number of anilines is 1. The molecule has 0 fully saturated rings. The third kappa shape index (κ3) is 5.69. The molecule has 0 saturated heterocycles. The van der Waals surface area contributed by atoms with E-state index in [1.165, 1.54) is 6.08 Å². The van der Waals surface area contributed by atoms with Crippen molar-refractivity contribution in [2.45, 2.75) is 33.6 Å². The van der Waals surface area contributed by atoms with Gasteiger partial charge in [0, 0.05) is 18.2 Å². The highest BCUT2D eigenvalue weighted by Gasteiger charge is 2.05. The van der Waals surface area contributed by atoms with Gasteiger partial charge in [0.05, 0.1) is 0 Å². The zero-order chi connectivity index (χ0) is 15.1. The third-order valence-electron chi connectivity index (χ3n) is 2.92. The van der Waals surface area contributed by atoms with Crippen molar-refractivity contribution in [3.8, 4) is 0 Å². The second-order valence-electron chi connectivity index (χ2n) is 5.22. The van der Waals surface area contributed by atoms with Crippen LogP contribution in [0, 0.1) is 12.8 Å². The highest BCUT2D eigenvalue weighted by Crippen LogP contribution is 2.17. The lowest BCUT2D eigenvalue weighted by Gasteiger charge is -2.09. The Hall–Kier alpha value is -2.10. The van der Waals surface area contributed by atoms with Crippen LogP contribution in [-0.4, -0.2) is 17.0 Å². The molecule has 0 atom stereocenters. The van der Waals surface area contributed by atoms with Gasteiger partial charge in [0.25, 0.3) is 0 Å². The zero-order valence-electron chi connectivity index (χ0n) is 12.1. The average Bonchev–Trinajstić information content (AvgIpc) is 2.37. The molecule has 0 aliphatic rings. The molecule has 0 bridgehead atoms. The number of amides is 1. The fraction of sp³-hybridized carbons (Fsp3) is 0.375. The summed E-state index contributed by atoms with van der Waals surface area (Å²) in [5, 5.41) is 11.5. The summed E-state index contributed by atoms with van der Waals surface area (Å²) in [7, 11) is 0. The van der Waals surface area contributed by atoms with E-state index in [-0.39, 0.29) is 5.91 Å². The number of carbonyl (C=O) groups excluding carboxylic acids is 1. The number of hydrogen-bond acceptors (Lipinski definition) is 2. The number of carboxylic acids is 1. The standard InChI is InChI=1S/C16H21NO3/c1-11(2)4-8-15(18)17-14-7-5-12(3)13(10-14)6-9-16(19)20/h5-7,9-11H,4,8H2,1-3H3,(H,17,18)(H,19,20). The van der Waals surface area contributed by atoms with Gasteiger partial charge in [-0.3, -0.25) is 4.79 Å². The Bertz CT molecular complexity index is 518. The number of rotatable bonds is 6. The number of carbonyl (C=O) groups is 2. The van der Waals surface area contributed by atoms with E-state index in [2.05, 4.69) is 19.2 Å². The van der Waals surface area contributed by atoms with E-state index in [1.54, 1.807) is 6.07 Å². The molecule has 0 aromatic heterocycles. The number of aliphatic carboxylic acids is 1. The Morgan fingerprint density at radius 2 is 2.05 bits per heavy atom. The first-order valence-corrected chi connectivity index (χ1v) is 6.70. The van der Waals surface area contributed by atoms with Gasteiger partial charge in [-0.1, -0.05) is 19.9 Å². The first-order valence-electron chi connectivity index (χ1n) is 6.70. The zero-order valence-corrected chi connectivity index (χ0v) is 12.1. The maximum atomic E-state index is 11.8. The van der Waals surface area contributed by atoms with Crippen molar-refractivity contribution in [3.05, 3.63) is 35.4 Å². The van der Waals surface area contributed by atoms with Gasteiger partial charge in [-0.05, 0) is 48.6 Å². The monoisotopic (exact) mass is 275 g/mol. The normalized spacial score (nSPS) is 11.0. The highest BCUT2D eigenvalue weighted by molar-refractivity contribution is 5.91. The van der Waals surface area contributed by atoms with Gasteiger partial charge in [-0.25, -0.2) is 4.79 Å². The molecule has 4 heteroatoms. The fourth-order valence-electron chi connectivity index (χ4n) is 1.70. The molecule has 0 spiro atoms. The first-order chi connectivity index (χ1) is 9.38. The van der Waals surface area contributed by atoms with Crippen LogP contribution < -0.4 is 5.32 Å². The minimum Gasteiger partial charge on any atom is -0.478 e. The Labute approximate surface area is 119 Å². The van der Waals surface area contributed by atoms with Gasteiger partial charge in [-0.2, -0.15) is 0 Å². The third-order valence-corrected chi connectivity index (χ3v) is 2.92. The van der Waals surface area contributed by atoms with Crippen LogP contribution in [0.25, 0.3) is 6.08 Å². The Kier molecular flexibility index (Phi) is 5.97. The van der Waals surface area contributed by atoms with Gasteiger partial charge >= 0.3 is 5.97 Å². The Balaban J connectivity index is 2.74. The SMILES string of the molecule is Cc1ccc(NC(=O)CCC(C)C)cc1C=CC(=O)O. The van der Waals surface area contributed by atoms with Crippen molar-refractivity contribution in [2.24, 2.45) is 5.92 Å². The summed E-state index contributed by atoms with van der Waals surface area (Å²) in [4.78, 5) is 22.3. The number of benzene rings is 1. The predicted octanol–water partition coefficient (Wildman–Crippen LogP) is 3.47. The lowest BCUT2D eigenvalue weighted by atomic mass is 10.1. The lowest BCUT2D eigenvalue weighted by Crippen LogP contribution is -2.12. The maximum Gasteiger partial charge on any atom is 0.328 e. The average molecular weight is 275 g/mol. The highest BCUT2D eigenvalue weighted by atomic mass is 16.4. The van der Waals surface area contributed by atoms with E-state index in [1.807, 2.05) is 19.1 Å². The van der Waals surface area contributed by atoms with Gasteiger partial charge in [-0.15, -0.1) is 0 Å². The van der Waals surface area contributed by atoms with Crippen LogP contribution in [0.2, 0.25) is 0 Å². The number of carboxylic acid groups (broad SMARTS) is 1. The van der Waals surface area contributed by atoms with E-state index < -0.39 is 5.97 Å². The fourth-order valence-corrected chi connectivity index (χ4v) is 1.70. The second-order valence-corrected chi connectivity index (χ2v) is 5.22. The van der Waals surface area contributed by atoms with E-state index in [9.17, 15) is 9.59 Å². The largest absolute Gasteiger partial charge is 0.478 e. The summed E-state index contributed by atoms with van der Waals surface area (Å²) in [5.41, 5.74) is 2.44. The van der Waals surface area contributed by atoms with Crippen molar-refractivity contribution in [2.75, 3.05) is 5.32 Å². The molecule has 0 saturated carbocycles. The van der Waals surface area contributed by atoms with E-state index in [4.69, 9.17) is 5.11 Å². The van der Waals surface area contributed by atoms with Gasteiger partial charge in [0.15, 0.2) is 0 Å². The molecule has 0 aliphatic carbocycles. The lowest BCUT2D eigenvalue weighted by molar-refractivity contribution is -0.131. The summed E-state index contributed by atoms with van der Waals surface area (Å²) < 4.78 is 0. The quantitative estimate of drug-likeness (QED) is 0.781. The molecule has 0 radical (unpaired) electrons. The minimum absolute atomic E-state index is 0.0179. The topological polar surface area (TPSA) is 66.4 Å². The number of nitrogens with one attached hydrogen (secondary N) is 1. The first kappa shape index (κ1) is 16.0. The Morgan fingerprint density at radius 3 is 2.65 bits per heavy atom. The summed E-state index contributed by atoms with van der Waals surface area (Å²) in [6.45, 7) is 6.05. The van der Waals surface area contributed by atoms with E-state index >= 15 is 0 Å². The molecular weight excluding hydrogens is 254 g/mol. The van der Waals surface area contributed by atoms with Crippen LogP contribution in [0.15, 0.2) is 24.3 Å². The molecule has 108 valence electrons. The van der Waals surface area contributed by atoms with Gasteiger partial charge in [0.2, 0.25) is 5.91 Å². The summed E-state index contributed by atoms with van der Waals surface area (Å²) in [6.07, 6.45) is 3.96. The molecule has 0 aliphatic heterocycles. The summed E-state index contributed by atoms with van der Waals surface area (Å²) >= 11 is 0. The molecular formula is C16H21NO3. The van der Waals surface area contributed by atoms with Gasteiger partial charge < -0.3 is 10.4 Å². The van der Waals surface area contributed by atoms with Crippen molar-refractivity contribution >= 4 is 23.6 Å². The van der Waals surface area contributed by atoms with E-state index in [0.717, 1.165) is 23.6 Å². The van der Waals surface area contributed by atoms with Crippen LogP contribution in [-0.2, 0) is 9.59 Å². The van der Waals surface area contributed by atoms with Crippen molar-refractivity contribution in [1.82, 2.24) is 0 Å². The number of aryl methyl sites for hydroxylation is 1. The maximum absolute atomic E-state index is 11.8. The van der Waals surface area contributed by atoms with Gasteiger partial charge in [0.1, 0.15) is 0 Å². The van der Waals surface area contributed by atoms with Crippen LogP contribution in [0.3, 0.4) is 0 Å². The summed E-state index contributed by atoms with van der Waals surface area (Å²) in [5.74, 6) is -0.515. The van der Waals surface area contributed by atoms with Crippen molar-refractivity contribution in [3.63, 3.8) is 0 Å². The molecule has 0 unspecified atom stereocenters. The van der Waals surface area contributed by atoms with Crippen LogP contribution >= 0.6 is 0 Å². The molecule has 1 amide bonds. The molecule has 1 rings (SSSR count). The molecule has 1 aromatic rings. The minimum atomic E-state index is -0.990. The summed E-state index contributed by atoms with van der Waals surface area (Å²) in [6, 6.07) is 5.46. The van der Waals surface area contributed by atoms with Crippen molar-refractivity contribution in [1.29, 1.82) is 0 Å². The molecule has 4 nitrogen and oxygen atoms in total. The van der Waals surface area contributed by atoms with E-state index in [0.29, 0.717) is 18.0 Å². The molecule has 1 aromatic carbocycles. The smallest absolute Gasteiger partial charge is 0.328 e. The second kappa shape index (κ2) is 7.48. The molecule has 2 N–H and O–H groups in total. The Morgan fingerprint density at radius 1 is 1.35 bits per heavy atom. The van der Waals surface area contributed by atoms with Crippen LogP contribution in [0.4, 0.5) is 5.69 Å². The van der Waals surface area contributed by atoms with Crippen LogP contribution in [0.1, 0.15) is 37.8 Å². The predicted molar refractivity (Wildman–Crippen MR) is 80.6 cm³/mol. The van der Waals surface area contributed by atoms with Crippen LogP contribution in [0.5, 0.6) is 0 Å².